The van der Waals surface area contributed by atoms with Gasteiger partial charge in [0.15, 0.2) is 0 Å². The summed E-state index contributed by atoms with van der Waals surface area (Å²) in [4.78, 5) is 24.3. The summed E-state index contributed by atoms with van der Waals surface area (Å²) in [6, 6.07) is 20.6. The summed E-state index contributed by atoms with van der Waals surface area (Å²) < 4.78 is 1.89. The molecule has 4 N–H and O–H groups in total. The van der Waals surface area contributed by atoms with E-state index in [1.54, 1.807) is 29.5 Å². The number of nitrogens with one attached hydrogen (secondary N) is 2. The maximum atomic E-state index is 12.4. The van der Waals surface area contributed by atoms with E-state index in [1.165, 1.54) is 6.08 Å². The van der Waals surface area contributed by atoms with Gasteiger partial charge in [-0.15, -0.1) is 11.3 Å². The number of anilines is 1. The van der Waals surface area contributed by atoms with Gasteiger partial charge in [0.2, 0.25) is 5.91 Å². The van der Waals surface area contributed by atoms with Gasteiger partial charge in [-0.05, 0) is 40.8 Å². The quantitative estimate of drug-likeness (QED) is 0.340. The predicted octanol–water partition coefficient (Wildman–Crippen LogP) is 4.48. The van der Waals surface area contributed by atoms with Crippen LogP contribution >= 0.6 is 11.3 Å². The lowest BCUT2D eigenvalue weighted by Gasteiger charge is -2.05. The van der Waals surface area contributed by atoms with Gasteiger partial charge in [0.1, 0.15) is 5.69 Å². The molecule has 4 aromatic rings. The van der Waals surface area contributed by atoms with Crippen molar-refractivity contribution in [3.05, 3.63) is 101 Å². The summed E-state index contributed by atoms with van der Waals surface area (Å²) in [5, 5.41) is 12.1. The summed E-state index contributed by atoms with van der Waals surface area (Å²) in [6.07, 6.45) is 5.26. The number of benzene rings is 2. The van der Waals surface area contributed by atoms with E-state index in [9.17, 15) is 9.59 Å². The molecule has 0 aliphatic heterocycles. The van der Waals surface area contributed by atoms with E-state index in [4.69, 9.17) is 10.8 Å². The van der Waals surface area contributed by atoms with E-state index in [0.29, 0.717) is 18.8 Å². The minimum atomic E-state index is -0.616. The summed E-state index contributed by atoms with van der Waals surface area (Å²) >= 11 is 1.61. The van der Waals surface area contributed by atoms with Crippen molar-refractivity contribution in [3.8, 4) is 10.6 Å². The van der Waals surface area contributed by atoms with Gasteiger partial charge in [-0.25, -0.2) is 4.79 Å². The Morgan fingerprint density at radius 2 is 1.79 bits per heavy atom. The van der Waals surface area contributed by atoms with E-state index in [0.717, 1.165) is 27.3 Å². The average Bonchev–Trinajstić information content (AvgIpc) is 3.47. The fourth-order valence-electron chi connectivity index (χ4n) is 3.28. The maximum absolute atomic E-state index is 12.4. The summed E-state index contributed by atoms with van der Waals surface area (Å²) in [6.45, 7) is 1.02. The van der Waals surface area contributed by atoms with E-state index in [2.05, 4.69) is 22.8 Å². The van der Waals surface area contributed by atoms with Crippen LogP contribution in [0.1, 0.15) is 16.7 Å². The van der Waals surface area contributed by atoms with Crippen LogP contribution in [-0.2, 0) is 17.9 Å². The normalized spacial score (nSPS) is 10.9. The average molecular weight is 458 g/mol. The zero-order valence-corrected chi connectivity index (χ0v) is 18.6. The lowest BCUT2D eigenvalue weighted by molar-refractivity contribution is -0.116. The van der Waals surface area contributed by atoms with Crippen LogP contribution in [0.15, 0.2) is 84.4 Å². The van der Waals surface area contributed by atoms with Crippen molar-refractivity contribution in [1.29, 1.82) is 0 Å². The number of thiophene rings is 1. The molecule has 33 heavy (non-hydrogen) atoms. The zero-order valence-electron chi connectivity index (χ0n) is 17.8. The predicted molar refractivity (Wildman–Crippen MR) is 132 cm³/mol. The number of amides is 3. The number of urea groups is 1. The molecule has 2 aromatic carbocycles. The third kappa shape index (κ3) is 6.18. The van der Waals surface area contributed by atoms with Crippen molar-refractivity contribution >= 4 is 35.0 Å². The molecule has 2 aromatic heterocycles. The number of rotatable bonds is 8. The monoisotopic (exact) mass is 457 g/mol. The Bertz CT molecular complexity index is 1250. The molecule has 0 atom stereocenters. The minimum absolute atomic E-state index is 0.206. The van der Waals surface area contributed by atoms with Crippen LogP contribution in [0.5, 0.6) is 0 Å². The zero-order chi connectivity index (χ0) is 23.0. The van der Waals surface area contributed by atoms with Crippen molar-refractivity contribution in [3.63, 3.8) is 0 Å². The molecule has 0 fully saturated rings. The molecule has 0 aliphatic carbocycles. The maximum Gasteiger partial charge on any atom is 0.316 e. The number of hydrogen-bond donors (Lipinski definition) is 3. The lowest BCUT2D eigenvalue weighted by Crippen LogP contribution is -2.20. The second kappa shape index (κ2) is 10.4. The van der Waals surface area contributed by atoms with Gasteiger partial charge < -0.3 is 16.4 Å². The standard InChI is InChI=1S/C25H23N5O2S/c26-25(32)28-21-11-8-18(9-12-21)15-27-23(31)13-10-20-17-30(16-19-5-2-1-3-6-19)29-24(20)22-7-4-14-33-22/h1-14,17H,15-16H2,(H,27,31)(H3,26,28,32)/b13-10+. The Kier molecular flexibility index (Phi) is 6.96. The van der Waals surface area contributed by atoms with Gasteiger partial charge in [0.25, 0.3) is 0 Å². The van der Waals surface area contributed by atoms with Crippen LogP contribution in [0, 0.1) is 0 Å². The van der Waals surface area contributed by atoms with E-state index < -0.39 is 6.03 Å². The molecule has 3 amide bonds. The molecular formula is C25H23N5O2S. The molecule has 166 valence electrons. The van der Waals surface area contributed by atoms with E-state index >= 15 is 0 Å². The molecule has 4 rings (SSSR count). The molecule has 7 nitrogen and oxygen atoms in total. The van der Waals surface area contributed by atoms with Gasteiger partial charge in [0.05, 0.1) is 11.4 Å². The Morgan fingerprint density at radius 1 is 1.00 bits per heavy atom. The number of carbonyl (C=O) groups is 2. The van der Waals surface area contributed by atoms with E-state index in [1.807, 2.05) is 58.7 Å². The van der Waals surface area contributed by atoms with Crippen LogP contribution < -0.4 is 16.4 Å². The minimum Gasteiger partial charge on any atom is -0.351 e. The number of hydrogen-bond acceptors (Lipinski definition) is 4. The Hall–Kier alpha value is -4.17. The number of primary amides is 1. The first-order valence-electron chi connectivity index (χ1n) is 10.3. The highest BCUT2D eigenvalue weighted by Gasteiger charge is 2.11. The molecule has 2 heterocycles. The molecule has 8 heteroatoms. The molecule has 0 radical (unpaired) electrons. The second-order valence-corrected chi connectivity index (χ2v) is 8.28. The summed E-state index contributed by atoms with van der Waals surface area (Å²) in [7, 11) is 0. The van der Waals surface area contributed by atoms with Crippen molar-refractivity contribution in [2.24, 2.45) is 5.73 Å². The summed E-state index contributed by atoms with van der Waals surface area (Å²) in [5.74, 6) is -0.206. The molecule has 0 saturated heterocycles. The Morgan fingerprint density at radius 3 is 2.48 bits per heavy atom. The first-order chi connectivity index (χ1) is 16.1. The largest absolute Gasteiger partial charge is 0.351 e. The smallest absolute Gasteiger partial charge is 0.316 e. The Balaban J connectivity index is 1.43. The molecule has 0 unspecified atom stereocenters. The molecular weight excluding hydrogens is 434 g/mol. The lowest BCUT2D eigenvalue weighted by atomic mass is 10.2. The molecule has 0 spiro atoms. The highest BCUT2D eigenvalue weighted by atomic mass is 32.1. The van der Waals surface area contributed by atoms with Crippen molar-refractivity contribution in [2.45, 2.75) is 13.1 Å². The highest BCUT2D eigenvalue weighted by Crippen LogP contribution is 2.27. The van der Waals surface area contributed by atoms with Crippen LogP contribution in [0.25, 0.3) is 16.6 Å². The number of nitrogens with zero attached hydrogens (tertiary/aromatic N) is 2. The first-order valence-corrected chi connectivity index (χ1v) is 11.2. The Labute approximate surface area is 195 Å². The van der Waals surface area contributed by atoms with E-state index in [-0.39, 0.29) is 5.91 Å². The van der Waals surface area contributed by atoms with Crippen molar-refractivity contribution in [1.82, 2.24) is 15.1 Å². The van der Waals surface area contributed by atoms with Crippen molar-refractivity contribution < 1.29 is 9.59 Å². The summed E-state index contributed by atoms with van der Waals surface area (Å²) in [5.41, 5.74) is 9.50. The number of aromatic nitrogens is 2. The number of nitrogens with two attached hydrogens (primary N) is 1. The second-order valence-electron chi connectivity index (χ2n) is 7.33. The van der Waals surface area contributed by atoms with Crippen molar-refractivity contribution in [2.75, 3.05) is 5.32 Å². The van der Waals surface area contributed by atoms with Crippen LogP contribution in [0.4, 0.5) is 10.5 Å². The fourth-order valence-corrected chi connectivity index (χ4v) is 4.01. The van der Waals surface area contributed by atoms with Gasteiger partial charge in [-0.1, -0.05) is 48.5 Å². The first kappa shape index (κ1) is 22.0. The molecule has 0 saturated carbocycles. The van der Waals surface area contributed by atoms with Gasteiger partial charge in [-0.3, -0.25) is 9.48 Å². The third-order valence-electron chi connectivity index (χ3n) is 4.83. The third-order valence-corrected chi connectivity index (χ3v) is 5.71. The van der Waals surface area contributed by atoms with Gasteiger partial charge in [0, 0.05) is 30.1 Å². The fraction of sp³-hybridized carbons (Fsp3) is 0.0800. The van der Waals surface area contributed by atoms with Crippen LogP contribution in [-0.4, -0.2) is 21.7 Å². The topological polar surface area (TPSA) is 102 Å². The molecule has 0 aliphatic rings. The highest BCUT2D eigenvalue weighted by molar-refractivity contribution is 7.13. The molecule has 0 bridgehead atoms. The van der Waals surface area contributed by atoms with Gasteiger partial charge in [-0.2, -0.15) is 5.10 Å². The van der Waals surface area contributed by atoms with Crippen LogP contribution in [0.3, 0.4) is 0 Å². The van der Waals surface area contributed by atoms with Gasteiger partial charge >= 0.3 is 6.03 Å². The van der Waals surface area contributed by atoms with Crippen LogP contribution in [0.2, 0.25) is 0 Å². The number of carbonyl (C=O) groups excluding carboxylic acids is 2. The SMILES string of the molecule is NC(=O)Nc1ccc(CNC(=O)/C=C/c2cn(Cc3ccccc3)nc2-c2cccs2)cc1.